The molecule has 0 atom stereocenters. The van der Waals surface area contributed by atoms with Gasteiger partial charge in [0.05, 0.1) is 19.8 Å². The molecule has 0 aromatic carbocycles. The molecule has 1 rings (SSSR count). The van der Waals surface area contributed by atoms with Gasteiger partial charge in [0.2, 0.25) is 0 Å². The van der Waals surface area contributed by atoms with Crippen molar-refractivity contribution in [2.75, 3.05) is 32.9 Å². The van der Waals surface area contributed by atoms with E-state index < -0.39 is 11.9 Å². The fourth-order valence-electron chi connectivity index (χ4n) is 1.64. The fraction of sp³-hybridized carbons (Fsp3) is 0.812. The molecule has 0 saturated carbocycles. The van der Waals surface area contributed by atoms with E-state index in [1.807, 2.05) is 0 Å². The summed E-state index contributed by atoms with van der Waals surface area (Å²) in [6, 6.07) is 0. The van der Waals surface area contributed by atoms with Crippen LogP contribution in [-0.2, 0) is 19.1 Å². The summed E-state index contributed by atoms with van der Waals surface area (Å²) in [4.78, 5) is 30.3. The average Bonchev–Trinajstić information content (AvgIpc) is 2.81. The van der Waals surface area contributed by atoms with Gasteiger partial charge in [-0.25, -0.2) is 0 Å². The third kappa shape index (κ3) is 27.4. The molecule has 0 spiro atoms. The molecule has 1 heterocycles. The second-order valence-corrected chi connectivity index (χ2v) is 5.22. The molecule has 1 fully saturated rings. The van der Waals surface area contributed by atoms with E-state index in [2.05, 4.69) is 5.32 Å². The van der Waals surface area contributed by atoms with E-state index in [4.69, 9.17) is 25.2 Å². The number of aliphatic hydroxyl groups is 2. The molecule has 0 aliphatic carbocycles. The molecule has 1 aliphatic heterocycles. The van der Waals surface area contributed by atoms with Gasteiger partial charge in [0.25, 0.3) is 0 Å². The van der Waals surface area contributed by atoms with Crippen molar-refractivity contribution in [2.45, 2.75) is 51.4 Å². The van der Waals surface area contributed by atoms with Gasteiger partial charge in [-0.1, -0.05) is 0 Å². The number of unbranched alkanes of at least 4 members (excludes halogenated alkanes) is 1. The highest BCUT2D eigenvalue weighted by molar-refractivity contribution is 5.69. The lowest BCUT2D eigenvalue weighted by atomic mass is 10.2. The summed E-state index contributed by atoms with van der Waals surface area (Å²) < 4.78 is 4.76. The van der Waals surface area contributed by atoms with Crippen LogP contribution in [0.25, 0.3) is 0 Å². The van der Waals surface area contributed by atoms with Gasteiger partial charge in [0.1, 0.15) is 0 Å². The molecule has 0 aromatic heterocycles. The van der Waals surface area contributed by atoms with Crippen molar-refractivity contribution in [2.24, 2.45) is 0 Å². The summed E-state index contributed by atoms with van der Waals surface area (Å²) in [6.45, 7) is 2.06. The average molecular weight is 365 g/mol. The molecule has 0 bridgehead atoms. The number of cyclic esters (lactones) is 1. The predicted molar refractivity (Wildman–Crippen MR) is 90.2 cm³/mol. The predicted octanol–water partition coefficient (Wildman–Crippen LogP) is 0.380. The number of esters is 1. The number of hydrogen-bond donors (Lipinski definition) is 5. The lowest BCUT2D eigenvalue weighted by molar-refractivity contribution is -0.142. The van der Waals surface area contributed by atoms with E-state index in [0.29, 0.717) is 39.0 Å². The minimum Gasteiger partial charge on any atom is -0.481 e. The SMILES string of the molecule is O=C(O)CCCCC(=O)O.O=C1CCCCCO1.OCCNCCO. The number of rotatable bonds is 9. The highest BCUT2D eigenvalue weighted by atomic mass is 16.5. The van der Waals surface area contributed by atoms with Gasteiger partial charge in [-0.2, -0.15) is 0 Å². The molecule has 1 aliphatic rings. The van der Waals surface area contributed by atoms with Crippen LogP contribution in [0.3, 0.4) is 0 Å². The number of carbonyl (C=O) groups excluding carboxylic acids is 1. The van der Waals surface area contributed by atoms with Crippen LogP contribution >= 0.6 is 0 Å². The Morgan fingerprint density at radius 1 is 0.920 bits per heavy atom. The molecule has 0 aromatic rings. The van der Waals surface area contributed by atoms with Crippen molar-refractivity contribution in [1.82, 2.24) is 5.32 Å². The molecule has 0 radical (unpaired) electrons. The molecule has 25 heavy (non-hydrogen) atoms. The Morgan fingerprint density at radius 3 is 1.88 bits per heavy atom. The smallest absolute Gasteiger partial charge is 0.305 e. The topological polar surface area (TPSA) is 153 Å². The van der Waals surface area contributed by atoms with Crippen molar-refractivity contribution in [3.8, 4) is 0 Å². The summed E-state index contributed by atoms with van der Waals surface area (Å²) in [5.74, 6) is -1.77. The maximum absolute atomic E-state index is 10.5. The minimum absolute atomic E-state index is 0.0255. The van der Waals surface area contributed by atoms with E-state index in [1.54, 1.807) is 0 Å². The number of aliphatic hydroxyl groups excluding tert-OH is 2. The highest BCUT2D eigenvalue weighted by Gasteiger charge is 2.05. The lowest BCUT2D eigenvalue weighted by Gasteiger charge is -1.94. The van der Waals surface area contributed by atoms with E-state index in [9.17, 15) is 14.4 Å². The van der Waals surface area contributed by atoms with E-state index in [0.717, 1.165) is 19.3 Å². The molecule has 148 valence electrons. The molecule has 5 N–H and O–H groups in total. The Labute approximate surface area is 148 Å². The molecular weight excluding hydrogens is 334 g/mol. The maximum atomic E-state index is 10.5. The molecular formula is C16H31NO8. The Bertz CT molecular complexity index is 319. The molecule has 0 amide bonds. The summed E-state index contributed by atoms with van der Waals surface area (Å²) in [5.41, 5.74) is 0. The quantitative estimate of drug-likeness (QED) is 0.288. The summed E-state index contributed by atoms with van der Waals surface area (Å²) >= 11 is 0. The van der Waals surface area contributed by atoms with Crippen LogP contribution in [0.15, 0.2) is 0 Å². The number of carboxylic acids is 2. The number of nitrogens with one attached hydrogen (secondary N) is 1. The Kier molecular flexibility index (Phi) is 20.8. The van der Waals surface area contributed by atoms with Crippen LogP contribution < -0.4 is 5.32 Å². The van der Waals surface area contributed by atoms with Gasteiger partial charge >= 0.3 is 17.9 Å². The van der Waals surface area contributed by atoms with Crippen molar-refractivity contribution >= 4 is 17.9 Å². The van der Waals surface area contributed by atoms with Crippen LogP contribution in [0.2, 0.25) is 0 Å². The molecule has 9 heteroatoms. The first-order chi connectivity index (χ1) is 11.9. The Morgan fingerprint density at radius 2 is 1.44 bits per heavy atom. The summed E-state index contributed by atoms with van der Waals surface area (Å²) in [7, 11) is 0. The van der Waals surface area contributed by atoms with Crippen molar-refractivity contribution in [3.05, 3.63) is 0 Å². The largest absolute Gasteiger partial charge is 0.481 e. The van der Waals surface area contributed by atoms with Gasteiger partial charge in [0, 0.05) is 32.4 Å². The lowest BCUT2D eigenvalue weighted by Crippen LogP contribution is -2.21. The highest BCUT2D eigenvalue weighted by Crippen LogP contribution is 2.06. The van der Waals surface area contributed by atoms with Crippen molar-refractivity contribution < 1.29 is 39.5 Å². The molecule has 0 unspecified atom stereocenters. The van der Waals surface area contributed by atoms with Crippen molar-refractivity contribution in [1.29, 1.82) is 0 Å². The van der Waals surface area contributed by atoms with Gasteiger partial charge in [-0.05, 0) is 32.1 Å². The monoisotopic (exact) mass is 365 g/mol. The van der Waals surface area contributed by atoms with E-state index in [1.165, 1.54) is 0 Å². The number of ether oxygens (including phenoxy) is 1. The van der Waals surface area contributed by atoms with Gasteiger partial charge in [0.15, 0.2) is 0 Å². The van der Waals surface area contributed by atoms with E-state index in [-0.39, 0.29) is 32.0 Å². The maximum Gasteiger partial charge on any atom is 0.305 e. The first kappa shape index (κ1) is 25.5. The van der Waals surface area contributed by atoms with Crippen LogP contribution in [0.5, 0.6) is 0 Å². The zero-order chi connectivity index (χ0) is 19.3. The number of carboxylic acid groups (broad SMARTS) is 2. The van der Waals surface area contributed by atoms with Crippen LogP contribution in [-0.4, -0.2) is 71.2 Å². The van der Waals surface area contributed by atoms with Crippen LogP contribution in [0.4, 0.5) is 0 Å². The van der Waals surface area contributed by atoms with Crippen molar-refractivity contribution in [3.63, 3.8) is 0 Å². The van der Waals surface area contributed by atoms with Crippen LogP contribution in [0, 0.1) is 0 Å². The summed E-state index contributed by atoms with van der Waals surface area (Å²) in [5, 5.41) is 35.3. The first-order valence-corrected chi connectivity index (χ1v) is 8.45. The standard InChI is InChI=1S/C6H10O4.C6H10O2.C4H11NO2/c7-5(8)3-1-2-4-6(9)10;7-6-4-2-1-3-5-8-6;6-3-1-5-2-4-7/h1-4H2,(H,7,8)(H,9,10);1-5H2;5-7H,1-4H2. The summed E-state index contributed by atoms with van der Waals surface area (Å²) in [6.07, 6.45) is 4.85. The Hall–Kier alpha value is -1.71. The fourth-order valence-corrected chi connectivity index (χ4v) is 1.64. The van der Waals surface area contributed by atoms with E-state index >= 15 is 0 Å². The zero-order valence-electron chi connectivity index (χ0n) is 14.6. The zero-order valence-corrected chi connectivity index (χ0v) is 14.6. The number of carbonyl (C=O) groups is 3. The minimum atomic E-state index is -0.870. The molecule has 1 saturated heterocycles. The number of hydrogen-bond acceptors (Lipinski definition) is 7. The third-order valence-corrected chi connectivity index (χ3v) is 2.90. The Balaban J connectivity index is 0. The second-order valence-electron chi connectivity index (χ2n) is 5.22. The number of aliphatic carboxylic acids is 2. The second kappa shape index (κ2) is 20.3. The first-order valence-electron chi connectivity index (χ1n) is 8.45. The van der Waals surface area contributed by atoms with Gasteiger partial charge in [-0.15, -0.1) is 0 Å². The third-order valence-electron chi connectivity index (χ3n) is 2.90. The van der Waals surface area contributed by atoms with Gasteiger partial charge < -0.3 is 30.5 Å². The van der Waals surface area contributed by atoms with Gasteiger partial charge in [-0.3, -0.25) is 14.4 Å². The van der Waals surface area contributed by atoms with Crippen LogP contribution in [0.1, 0.15) is 51.4 Å². The normalized spacial score (nSPS) is 13.3. The molecule has 9 nitrogen and oxygen atoms in total.